The Morgan fingerprint density at radius 3 is 2.40 bits per heavy atom. The van der Waals surface area contributed by atoms with Gasteiger partial charge in [-0.2, -0.15) is 0 Å². The van der Waals surface area contributed by atoms with Crippen molar-refractivity contribution in [2.24, 2.45) is 5.73 Å². The van der Waals surface area contributed by atoms with Crippen molar-refractivity contribution in [1.82, 2.24) is 19.9 Å². The maximum atomic E-state index is 14.6. The van der Waals surface area contributed by atoms with Crippen molar-refractivity contribution in [3.05, 3.63) is 71.3 Å². The molecule has 150 valence electrons. The maximum absolute atomic E-state index is 14.6. The third kappa shape index (κ3) is 3.13. The summed E-state index contributed by atoms with van der Waals surface area (Å²) in [6, 6.07) is 3.36. The SMILES string of the molecule is CNc1ncc(-c2cnc3[nH]cc(C(=O)c4c(F)ccc(C(N)=O)c4F)c3c2)cn1. The minimum atomic E-state index is -1.30. The Morgan fingerprint density at radius 2 is 1.73 bits per heavy atom. The first-order valence-electron chi connectivity index (χ1n) is 8.70. The van der Waals surface area contributed by atoms with Crippen LogP contribution in [0.4, 0.5) is 14.7 Å². The van der Waals surface area contributed by atoms with Gasteiger partial charge in [0.25, 0.3) is 5.91 Å². The maximum Gasteiger partial charge on any atom is 0.251 e. The molecule has 0 aliphatic carbocycles. The third-order valence-electron chi connectivity index (χ3n) is 4.57. The largest absolute Gasteiger partial charge is 0.366 e. The summed E-state index contributed by atoms with van der Waals surface area (Å²) in [4.78, 5) is 39.6. The van der Waals surface area contributed by atoms with E-state index in [-0.39, 0.29) is 5.56 Å². The molecule has 0 aliphatic rings. The van der Waals surface area contributed by atoms with Gasteiger partial charge in [-0.15, -0.1) is 0 Å². The fourth-order valence-corrected chi connectivity index (χ4v) is 3.04. The van der Waals surface area contributed by atoms with Crippen LogP contribution in [0.1, 0.15) is 26.3 Å². The Kier molecular flexibility index (Phi) is 4.66. The van der Waals surface area contributed by atoms with Crippen LogP contribution in [0.5, 0.6) is 0 Å². The summed E-state index contributed by atoms with van der Waals surface area (Å²) in [5, 5.41) is 3.15. The fourth-order valence-electron chi connectivity index (χ4n) is 3.04. The molecule has 0 radical (unpaired) electrons. The molecule has 30 heavy (non-hydrogen) atoms. The van der Waals surface area contributed by atoms with E-state index in [9.17, 15) is 18.4 Å². The highest BCUT2D eigenvalue weighted by molar-refractivity contribution is 6.17. The Hall–Kier alpha value is -4.21. The van der Waals surface area contributed by atoms with E-state index < -0.39 is 34.5 Å². The first-order valence-corrected chi connectivity index (χ1v) is 8.70. The molecule has 0 saturated heterocycles. The zero-order chi connectivity index (χ0) is 21.4. The smallest absolute Gasteiger partial charge is 0.251 e. The summed E-state index contributed by atoms with van der Waals surface area (Å²) in [5.41, 5.74) is 5.25. The van der Waals surface area contributed by atoms with Crippen LogP contribution >= 0.6 is 0 Å². The first kappa shape index (κ1) is 19.1. The number of primary amides is 1. The third-order valence-corrected chi connectivity index (χ3v) is 4.57. The molecule has 0 fully saturated rings. The second kappa shape index (κ2) is 7.32. The number of amides is 1. The number of hydrogen-bond acceptors (Lipinski definition) is 6. The summed E-state index contributed by atoms with van der Waals surface area (Å²) in [6.07, 6.45) is 6.01. The van der Waals surface area contributed by atoms with Crippen molar-refractivity contribution in [2.75, 3.05) is 12.4 Å². The van der Waals surface area contributed by atoms with E-state index in [0.717, 1.165) is 12.1 Å². The number of aromatic amines is 1. The zero-order valence-electron chi connectivity index (χ0n) is 15.5. The summed E-state index contributed by atoms with van der Waals surface area (Å²) in [5.74, 6) is -4.01. The minimum Gasteiger partial charge on any atom is -0.366 e. The van der Waals surface area contributed by atoms with Crippen molar-refractivity contribution < 1.29 is 18.4 Å². The molecule has 4 aromatic rings. The number of ketones is 1. The van der Waals surface area contributed by atoms with Crippen LogP contribution in [0.3, 0.4) is 0 Å². The van der Waals surface area contributed by atoms with Crippen molar-refractivity contribution in [3.63, 3.8) is 0 Å². The molecular weight excluding hydrogens is 394 g/mol. The normalized spacial score (nSPS) is 10.9. The lowest BCUT2D eigenvalue weighted by molar-refractivity contribution is 0.0996. The average molecular weight is 408 g/mol. The van der Waals surface area contributed by atoms with Crippen LogP contribution in [-0.4, -0.2) is 38.7 Å². The number of halogens is 2. The number of carbonyl (C=O) groups excluding carboxylic acids is 2. The summed E-state index contributed by atoms with van der Waals surface area (Å²) < 4.78 is 28.9. The Balaban J connectivity index is 1.83. The lowest BCUT2D eigenvalue weighted by atomic mass is 9.98. The van der Waals surface area contributed by atoms with Gasteiger partial charge in [-0.1, -0.05) is 0 Å². The van der Waals surface area contributed by atoms with Gasteiger partial charge in [-0.25, -0.2) is 23.7 Å². The fraction of sp³-hybridized carbons (Fsp3) is 0.0500. The molecule has 1 aromatic carbocycles. The van der Waals surface area contributed by atoms with Crippen LogP contribution in [0, 0.1) is 11.6 Å². The van der Waals surface area contributed by atoms with E-state index >= 15 is 0 Å². The molecular formula is C20H14F2N6O2. The van der Waals surface area contributed by atoms with Gasteiger partial charge in [-0.05, 0) is 18.2 Å². The molecule has 0 spiro atoms. The second-order valence-corrected chi connectivity index (χ2v) is 6.35. The van der Waals surface area contributed by atoms with Gasteiger partial charge in [0, 0.05) is 53.9 Å². The lowest BCUT2D eigenvalue weighted by Crippen LogP contribution is -2.17. The Bertz CT molecular complexity index is 1300. The summed E-state index contributed by atoms with van der Waals surface area (Å²) in [7, 11) is 1.69. The second-order valence-electron chi connectivity index (χ2n) is 6.35. The molecule has 0 atom stereocenters. The van der Waals surface area contributed by atoms with E-state index in [1.165, 1.54) is 6.20 Å². The number of nitrogens with one attached hydrogen (secondary N) is 2. The highest BCUT2D eigenvalue weighted by atomic mass is 19.1. The van der Waals surface area contributed by atoms with E-state index in [4.69, 9.17) is 5.73 Å². The quantitative estimate of drug-likeness (QED) is 0.436. The monoisotopic (exact) mass is 408 g/mol. The van der Waals surface area contributed by atoms with Crippen molar-refractivity contribution in [3.8, 4) is 11.1 Å². The molecule has 8 nitrogen and oxygen atoms in total. The van der Waals surface area contributed by atoms with Gasteiger partial charge in [-0.3, -0.25) is 9.59 Å². The average Bonchev–Trinajstić information content (AvgIpc) is 3.16. The number of fused-ring (bicyclic) bond motifs is 1. The Labute approximate surface area is 168 Å². The van der Waals surface area contributed by atoms with E-state index in [0.29, 0.717) is 28.1 Å². The van der Waals surface area contributed by atoms with Gasteiger partial charge in [0.05, 0.1) is 11.1 Å². The van der Waals surface area contributed by atoms with Crippen LogP contribution in [0.15, 0.2) is 43.0 Å². The molecule has 3 heterocycles. The molecule has 3 aromatic heterocycles. The van der Waals surface area contributed by atoms with Crippen LogP contribution in [0.25, 0.3) is 22.2 Å². The molecule has 0 unspecified atom stereocenters. The number of H-pyrrole nitrogens is 1. The predicted molar refractivity (Wildman–Crippen MR) is 105 cm³/mol. The topological polar surface area (TPSA) is 127 Å². The van der Waals surface area contributed by atoms with Crippen LogP contribution in [0.2, 0.25) is 0 Å². The van der Waals surface area contributed by atoms with Gasteiger partial charge in [0.2, 0.25) is 11.7 Å². The number of aromatic nitrogens is 4. The van der Waals surface area contributed by atoms with Crippen molar-refractivity contribution >= 4 is 28.7 Å². The number of benzene rings is 1. The molecule has 0 saturated carbocycles. The van der Waals surface area contributed by atoms with Crippen molar-refractivity contribution in [1.29, 1.82) is 0 Å². The van der Waals surface area contributed by atoms with E-state index in [1.807, 2.05) is 0 Å². The molecule has 4 N–H and O–H groups in total. The van der Waals surface area contributed by atoms with Gasteiger partial charge in [0.15, 0.2) is 0 Å². The van der Waals surface area contributed by atoms with E-state index in [1.54, 1.807) is 31.7 Å². The number of rotatable bonds is 5. The predicted octanol–water partition coefficient (Wildman–Crippen LogP) is 2.67. The number of nitrogens with two attached hydrogens (primary N) is 1. The molecule has 0 bridgehead atoms. The standard InChI is InChI=1S/C20H14F2N6O2/c1-24-20-27-6-10(7-28-20)9-4-12-13(8-26-19(12)25-5-9)17(29)15-14(21)3-2-11(16(15)22)18(23)30/h2-8H,1H3,(H2,23,30)(H,25,26)(H,24,27,28). The highest BCUT2D eigenvalue weighted by Gasteiger charge is 2.25. The molecule has 4 rings (SSSR count). The number of carbonyl (C=O) groups is 2. The van der Waals surface area contributed by atoms with Crippen LogP contribution < -0.4 is 11.1 Å². The number of nitrogens with zero attached hydrogens (tertiary/aromatic N) is 3. The van der Waals surface area contributed by atoms with Gasteiger partial charge in [0.1, 0.15) is 17.3 Å². The summed E-state index contributed by atoms with van der Waals surface area (Å²) in [6.45, 7) is 0. The molecule has 1 amide bonds. The van der Waals surface area contributed by atoms with Crippen LogP contribution in [-0.2, 0) is 0 Å². The number of anilines is 1. The number of pyridine rings is 1. The minimum absolute atomic E-state index is 0.00784. The lowest BCUT2D eigenvalue weighted by Gasteiger charge is -2.07. The van der Waals surface area contributed by atoms with Crippen molar-refractivity contribution in [2.45, 2.75) is 0 Å². The van der Waals surface area contributed by atoms with Gasteiger partial charge < -0.3 is 16.0 Å². The van der Waals surface area contributed by atoms with Gasteiger partial charge >= 0.3 is 0 Å². The van der Waals surface area contributed by atoms with E-state index in [2.05, 4.69) is 25.3 Å². The highest BCUT2D eigenvalue weighted by Crippen LogP contribution is 2.28. The first-order chi connectivity index (χ1) is 14.4. The molecule has 10 heteroatoms. The number of hydrogen-bond donors (Lipinski definition) is 3. The molecule has 0 aliphatic heterocycles. The summed E-state index contributed by atoms with van der Waals surface area (Å²) >= 11 is 0. The Morgan fingerprint density at radius 1 is 1.03 bits per heavy atom. The zero-order valence-corrected chi connectivity index (χ0v) is 15.5.